The van der Waals surface area contributed by atoms with Crippen LogP contribution < -0.4 is 5.32 Å². The fraction of sp³-hybridized carbons (Fsp3) is 0.722. The lowest BCUT2D eigenvalue weighted by Gasteiger charge is -2.36. The zero-order chi connectivity index (χ0) is 15.2. The van der Waals surface area contributed by atoms with Crippen molar-refractivity contribution < 1.29 is 9.47 Å². The summed E-state index contributed by atoms with van der Waals surface area (Å²) < 4.78 is 11.5. The van der Waals surface area contributed by atoms with Crippen LogP contribution in [0.1, 0.15) is 50.7 Å². The highest BCUT2D eigenvalue weighted by Gasteiger charge is 2.29. The average Bonchev–Trinajstić information content (AvgIpc) is 2.57. The van der Waals surface area contributed by atoms with Gasteiger partial charge in [0.05, 0.1) is 6.10 Å². The second-order valence-corrected chi connectivity index (χ2v) is 6.68. The minimum Gasteiger partial charge on any atom is -0.381 e. The van der Waals surface area contributed by atoms with E-state index in [4.69, 9.17) is 9.47 Å². The number of pyridine rings is 1. The van der Waals surface area contributed by atoms with E-state index >= 15 is 0 Å². The lowest BCUT2D eigenvalue weighted by Crippen LogP contribution is -2.44. The third-order valence-corrected chi connectivity index (χ3v) is 4.88. The maximum Gasteiger partial charge on any atom is 0.0978 e. The van der Waals surface area contributed by atoms with Crippen LogP contribution in [0.2, 0.25) is 0 Å². The molecule has 3 atom stereocenters. The highest BCUT2D eigenvalue weighted by atomic mass is 16.5. The van der Waals surface area contributed by atoms with E-state index in [0.29, 0.717) is 12.1 Å². The smallest absolute Gasteiger partial charge is 0.0978 e. The summed E-state index contributed by atoms with van der Waals surface area (Å²) in [6, 6.07) is 5.09. The number of hydrogen-bond donors (Lipinski definition) is 1. The topological polar surface area (TPSA) is 43.4 Å². The summed E-state index contributed by atoms with van der Waals surface area (Å²) in [5.74, 6) is 0.806. The maximum absolute atomic E-state index is 6.06. The fourth-order valence-corrected chi connectivity index (χ4v) is 3.75. The Labute approximate surface area is 133 Å². The Kier molecular flexibility index (Phi) is 5.82. The van der Waals surface area contributed by atoms with Crippen molar-refractivity contribution in [3.05, 3.63) is 30.1 Å². The molecule has 2 fully saturated rings. The molecule has 3 heterocycles. The normalized spacial score (nSPS) is 28.4. The van der Waals surface area contributed by atoms with Crippen molar-refractivity contribution >= 4 is 0 Å². The van der Waals surface area contributed by atoms with E-state index in [1.165, 1.54) is 31.2 Å². The number of rotatable bonds is 5. The van der Waals surface area contributed by atoms with E-state index in [0.717, 1.165) is 32.2 Å². The van der Waals surface area contributed by atoms with E-state index < -0.39 is 0 Å². The predicted molar refractivity (Wildman–Crippen MR) is 86.7 cm³/mol. The van der Waals surface area contributed by atoms with Crippen LogP contribution in [-0.2, 0) is 9.47 Å². The molecule has 0 radical (unpaired) electrons. The zero-order valence-electron chi connectivity index (χ0n) is 13.5. The zero-order valence-corrected chi connectivity index (χ0v) is 13.5. The van der Waals surface area contributed by atoms with Gasteiger partial charge in [0.25, 0.3) is 0 Å². The molecule has 0 amide bonds. The van der Waals surface area contributed by atoms with Crippen LogP contribution in [0.3, 0.4) is 0 Å². The summed E-state index contributed by atoms with van der Waals surface area (Å²) in [6.07, 6.45) is 9.86. The van der Waals surface area contributed by atoms with Gasteiger partial charge in [0.2, 0.25) is 0 Å². The Morgan fingerprint density at radius 3 is 2.73 bits per heavy atom. The summed E-state index contributed by atoms with van der Waals surface area (Å²) in [6.45, 7) is 5.04. The Morgan fingerprint density at radius 1 is 1.18 bits per heavy atom. The molecular formula is C18H28N2O2. The Balaban J connectivity index is 1.56. The molecule has 1 aromatic rings. The molecule has 0 saturated carbocycles. The highest BCUT2D eigenvalue weighted by Crippen LogP contribution is 2.29. The minimum atomic E-state index is 0.161. The minimum absolute atomic E-state index is 0.161. The molecule has 0 aliphatic carbocycles. The third kappa shape index (κ3) is 4.28. The number of hydrogen-bond acceptors (Lipinski definition) is 4. The average molecular weight is 304 g/mol. The first-order chi connectivity index (χ1) is 10.8. The van der Waals surface area contributed by atoms with Crippen LogP contribution in [0.15, 0.2) is 24.5 Å². The van der Waals surface area contributed by atoms with Crippen molar-refractivity contribution in [2.45, 2.75) is 57.2 Å². The number of nitrogens with zero attached hydrogens (tertiary/aromatic N) is 1. The number of aromatic nitrogens is 1. The molecule has 3 rings (SSSR count). The van der Waals surface area contributed by atoms with Crippen molar-refractivity contribution in [3.8, 4) is 0 Å². The van der Waals surface area contributed by atoms with Crippen molar-refractivity contribution in [1.29, 1.82) is 0 Å². The quantitative estimate of drug-likeness (QED) is 0.908. The molecule has 22 heavy (non-hydrogen) atoms. The molecule has 0 spiro atoms. The van der Waals surface area contributed by atoms with Crippen molar-refractivity contribution in [2.24, 2.45) is 5.92 Å². The van der Waals surface area contributed by atoms with Gasteiger partial charge in [-0.2, -0.15) is 0 Å². The first-order valence-electron chi connectivity index (χ1n) is 8.68. The first-order valence-corrected chi connectivity index (χ1v) is 8.68. The summed E-state index contributed by atoms with van der Waals surface area (Å²) >= 11 is 0. The molecule has 1 aromatic heterocycles. The van der Waals surface area contributed by atoms with Crippen LogP contribution in [0.5, 0.6) is 0 Å². The van der Waals surface area contributed by atoms with Gasteiger partial charge in [0, 0.05) is 44.3 Å². The summed E-state index contributed by atoms with van der Waals surface area (Å²) in [7, 11) is 0. The van der Waals surface area contributed by atoms with Crippen molar-refractivity contribution in [2.75, 3.05) is 19.8 Å². The molecule has 4 heteroatoms. The molecule has 2 saturated heterocycles. The maximum atomic E-state index is 6.06. The van der Waals surface area contributed by atoms with E-state index in [-0.39, 0.29) is 6.10 Å². The van der Waals surface area contributed by atoms with E-state index in [1.54, 1.807) is 0 Å². The molecule has 0 aromatic carbocycles. The highest BCUT2D eigenvalue weighted by molar-refractivity contribution is 5.16. The van der Waals surface area contributed by atoms with Gasteiger partial charge < -0.3 is 14.8 Å². The van der Waals surface area contributed by atoms with Crippen LogP contribution in [0.25, 0.3) is 0 Å². The Hall–Kier alpha value is -0.970. The van der Waals surface area contributed by atoms with Crippen molar-refractivity contribution in [1.82, 2.24) is 10.3 Å². The van der Waals surface area contributed by atoms with Gasteiger partial charge in [-0.1, -0.05) is 0 Å². The monoisotopic (exact) mass is 304 g/mol. The molecule has 2 aliphatic heterocycles. The van der Waals surface area contributed by atoms with Crippen LogP contribution in [0.4, 0.5) is 0 Å². The van der Waals surface area contributed by atoms with Gasteiger partial charge >= 0.3 is 0 Å². The molecular weight excluding hydrogens is 276 g/mol. The molecule has 2 aliphatic rings. The lowest BCUT2D eigenvalue weighted by molar-refractivity contribution is -0.0150. The van der Waals surface area contributed by atoms with Gasteiger partial charge in [-0.3, -0.25) is 4.98 Å². The van der Waals surface area contributed by atoms with E-state index in [9.17, 15) is 0 Å². The Bertz CT molecular complexity index is 434. The van der Waals surface area contributed by atoms with Crippen LogP contribution >= 0.6 is 0 Å². The summed E-state index contributed by atoms with van der Waals surface area (Å²) in [5.41, 5.74) is 1.24. The second kappa shape index (κ2) is 8.04. The number of nitrogens with one attached hydrogen (secondary N) is 1. The standard InChI is InChI=1S/C18H28N2O2/c1-14(13-15-6-11-21-12-7-15)20-17-3-2-10-22-18(17)16-4-8-19-9-5-16/h4-5,8-9,14-15,17-18,20H,2-3,6-7,10-13H2,1H3/t14?,17-,18+/m0/s1. The second-order valence-electron chi connectivity index (χ2n) is 6.68. The van der Waals surface area contributed by atoms with Gasteiger partial charge in [-0.15, -0.1) is 0 Å². The summed E-state index contributed by atoms with van der Waals surface area (Å²) in [4.78, 5) is 4.12. The molecule has 0 bridgehead atoms. The van der Waals surface area contributed by atoms with E-state index in [1.807, 2.05) is 12.4 Å². The lowest BCUT2D eigenvalue weighted by atomic mass is 9.91. The van der Waals surface area contributed by atoms with Gasteiger partial charge in [-0.25, -0.2) is 0 Å². The van der Waals surface area contributed by atoms with Gasteiger partial charge in [-0.05, 0) is 62.6 Å². The first kappa shape index (κ1) is 15.9. The molecule has 122 valence electrons. The van der Waals surface area contributed by atoms with Crippen molar-refractivity contribution in [3.63, 3.8) is 0 Å². The molecule has 4 nitrogen and oxygen atoms in total. The molecule has 1 unspecified atom stereocenters. The fourth-order valence-electron chi connectivity index (χ4n) is 3.75. The largest absolute Gasteiger partial charge is 0.381 e. The summed E-state index contributed by atoms with van der Waals surface area (Å²) in [5, 5.41) is 3.83. The van der Waals surface area contributed by atoms with Crippen LogP contribution in [-0.4, -0.2) is 36.9 Å². The SMILES string of the molecule is CC(CC1CCOCC1)N[C@H]1CCCO[C@@H]1c1ccncc1. The van der Waals surface area contributed by atoms with Crippen LogP contribution in [0, 0.1) is 5.92 Å². The Morgan fingerprint density at radius 2 is 1.95 bits per heavy atom. The third-order valence-electron chi connectivity index (χ3n) is 4.88. The van der Waals surface area contributed by atoms with Gasteiger partial charge in [0.15, 0.2) is 0 Å². The van der Waals surface area contributed by atoms with Gasteiger partial charge in [0.1, 0.15) is 0 Å². The van der Waals surface area contributed by atoms with E-state index in [2.05, 4.69) is 29.4 Å². The molecule has 1 N–H and O–H groups in total. The number of ether oxygens (including phenoxy) is 2. The predicted octanol–water partition coefficient (Wildman–Crippen LogP) is 3.10.